The van der Waals surface area contributed by atoms with E-state index in [9.17, 15) is 0 Å². The van der Waals surface area contributed by atoms with Gasteiger partial charge in [0.25, 0.3) is 0 Å². The summed E-state index contributed by atoms with van der Waals surface area (Å²) in [6.07, 6.45) is 2.72. The molecule has 2 aromatic rings. The van der Waals surface area contributed by atoms with E-state index in [4.69, 9.17) is 23.2 Å². The zero-order chi connectivity index (χ0) is 9.97. The fourth-order valence-electron chi connectivity index (χ4n) is 1.18. The Morgan fingerprint density at radius 2 is 1.93 bits per heavy atom. The number of hydrogen-bond donors (Lipinski definition) is 0. The van der Waals surface area contributed by atoms with Gasteiger partial charge in [-0.05, 0) is 5.56 Å². The number of benzene rings is 1. The summed E-state index contributed by atoms with van der Waals surface area (Å²) in [7, 11) is 0. The van der Waals surface area contributed by atoms with Crippen LogP contribution in [0.25, 0.3) is 0 Å². The monoisotopic (exact) mass is 225 g/mol. The van der Waals surface area contributed by atoms with Crippen molar-refractivity contribution in [3.8, 4) is 0 Å². The average molecular weight is 226 g/mol. The third-order valence-corrected chi connectivity index (χ3v) is 2.60. The summed E-state index contributed by atoms with van der Waals surface area (Å²) in [4.78, 5) is 3.78. The number of nitrogens with zero attached hydrogens (tertiary/aromatic N) is 2. The van der Waals surface area contributed by atoms with Crippen molar-refractivity contribution in [1.29, 1.82) is 0 Å². The zero-order valence-corrected chi connectivity index (χ0v) is 8.76. The molecule has 4 heteroatoms. The summed E-state index contributed by atoms with van der Waals surface area (Å²) < 4.78 is 1.68. The molecular weight excluding hydrogens is 219 g/mol. The maximum Gasteiger partial charge on any atom is 0.179 e. The maximum atomic E-state index is 5.90. The van der Waals surface area contributed by atoms with Gasteiger partial charge in [-0.15, -0.1) is 0 Å². The van der Waals surface area contributed by atoms with Gasteiger partial charge < -0.3 is 4.57 Å². The summed E-state index contributed by atoms with van der Waals surface area (Å²) >= 11 is 11.6. The fourth-order valence-corrected chi connectivity index (χ4v) is 1.46. The van der Waals surface area contributed by atoms with Gasteiger partial charge in [0.05, 0.1) is 6.54 Å². The van der Waals surface area contributed by atoms with Crippen LogP contribution in [-0.4, -0.2) is 9.55 Å². The molecule has 1 radical (unpaired) electrons. The third-order valence-electron chi connectivity index (χ3n) is 1.86. The average Bonchev–Trinajstić information content (AvgIpc) is 2.52. The van der Waals surface area contributed by atoms with Crippen molar-refractivity contribution in [1.82, 2.24) is 9.55 Å². The van der Waals surface area contributed by atoms with Gasteiger partial charge in [-0.3, -0.25) is 0 Å². The van der Waals surface area contributed by atoms with Gasteiger partial charge in [0.1, 0.15) is 5.15 Å². The minimum absolute atomic E-state index is 0.294. The van der Waals surface area contributed by atoms with E-state index in [0.717, 1.165) is 5.56 Å². The van der Waals surface area contributed by atoms with Crippen LogP contribution >= 0.6 is 23.2 Å². The fraction of sp³-hybridized carbons (Fsp3) is 0.100. The Hall–Kier alpha value is -0.990. The first-order valence-corrected chi connectivity index (χ1v) is 4.86. The molecule has 0 bridgehead atoms. The van der Waals surface area contributed by atoms with Crippen molar-refractivity contribution in [2.45, 2.75) is 6.54 Å². The van der Waals surface area contributed by atoms with Crippen molar-refractivity contribution in [2.75, 3.05) is 0 Å². The Morgan fingerprint density at radius 1 is 1.21 bits per heavy atom. The van der Waals surface area contributed by atoms with Crippen LogP contribution in [0.2, 0.25) is 10.3 Å². The van der Waals surface area contributed by atoms with Gasteiger partial charge in [0.15, 0.2) is 11.5 Å². The summed E-state index contributed by atoms with van der Waals surface area (Å²) in [5, 5.41) is 0.720. The molecule has 0 aliphatic rings. The van der Waals surface area contributed by atoms with E-state index in [1.807, 2.05) is 30.3 Å². The van der Waals surface area contributed by atoms with Gasteiger partial charge in [-0.1, -0.05) is 53.5 Å². The highest BCUT2D eigenvalue weighted by Gasteiger charge is 2.06. The highest BCUT2D eigenvalue weighted by Crippen LogP contribution is 2.19. The van der Waals surface area contributed by atoms with E-state index in [-0.39, 0.29) is 0 Å². The first kappa shape index (κ1) is 9.56. The van der Waals surface area contributed by atoms with Crippen LogP contribution in [0.1, 0.15) is 5.56 Å². The molecule has 0 amide bonds. The second-order valence-electron chi connectivity index (χ2n) is 2.87. The smallest absolute Gasteiger partial charge is 0.179 e. The Kier molecular flexibility index (Phi) is 2.75. The van der Waals surface area contributed by atoms with Crippen LogP contribution in [0.15, 0.2) is 30.3 Å². The second kappa shape index (κ2) is 4.03. The lowest BCUT2D eigenvalue weighted by atomic mass is 10.2. The molecular formula is C10H7Cl2N2. The SMILES string of the molecule is Clc1n[c]n(Cc2ccccc2)c1Cl. The van der Waals surface area contributed by atoms with E-state index in [1.54, 1.807) is 4.57 Å². The highest BCUT2D eigenvalue weighted by atomic mass is 35.5. The molecule has 2 rings (SSSR count). The molecule has 0 saturated carbocycles. The molecule has 0 atom stereocenters. The van der Waals surface area contributed by atoms with E-state index in [0.29, 0.717) is 16.9 Å². The molecule has 0 N–H and O–H groups in total. The summed E-state index contributed by atoms with van der Waals surface area (Å²) in [5.41, 5.74) is 1.14. The molecule has 1 heterocycles. The highest BCUT2D eigenvalue weighted by molar-refractivity contribution is 6.40. The van der Waals surface area contributed by atoms with Gasteiger partial charge in [0.2, 0.25) is 0 Å². The molecule has 1 aromatic heterocycles. The van der Waals surface area contributed by atoms with Crippen LogP contribution < -0.4 is 0 Å². The lowest BCUT2D eigenvalue weighted by Gasteiger charge is -2.02. The largest absolute Gasteiger partial charge is 0.307 e. The van der Waals surface area contributed by atoms with E-state index in [2.05, 4.69) is 11.3 Å². The molecule has 2 nitrogen and oxygen atoms in total. The van der Waals surface area contributed by atoms with Gasteiger partial charge >= 0.3 is 0 Å². The normalized spacial score (nSPS) is 10.4. The number of halogens is 2. The summed E-state index contributed by atoms with van der Waals surface area (Å²) in [6, 6.07) is 9.94. The number of rotatable bonds is 2. The number of aromatic nitrogens is 2. The molecule has 0 aliphatic heterocycles. The van der Waals surface area contributed by atoms with Crippen LogP contribution in [0.4, 0.5) is 0 Å². The second-order valence-corrected chi connectivity index (χ2v) is 3.58. The van der Waals surface area contributed by atoms with E-state index in [1.165, 1.54) is 0 Å². The number of hydrogen-bond acceptors (Lipinski definition) is 1. The van der Waals surface area contributed by atoms with E-state index < -0.39 is 0 Å². The molecule has 0 aliphatic carbocycles. The number of imidazole rings is 1. The molecule has 14 heavy (non-hydrogen) atoms. The predicted octanol–water partition coefficient (Wildman–Crippen LogP) is 3.04. The van der Waals surface area contributed by atoms with Crippen LogP contribution in [0, 0.1) is 6.33 Å². The van der Waals surface area contributed by atoms with Crippen LogP contribution in [0.3, 0.4) is 0 Å². The van der Waals surface area contributed by atoms with Crippen LogP contribution in [0.5, 0.6) is 0 Å². The molecule has 0 spiro atoms. The predicted molar refractivity (Wildman–Crippen MR) is 56.6 cm³/mol. The third kappa shape index (κ3) is 1.91. The molecule has 0 saturated heterocycles. The summed E-state index contributed by atoms with van der Waals surface area (Å²) in [5.74, 6) is 0. The Bertz CT molecular complexity index is 423. The van der Waals surface area contributed by atoms with Gasteiger partial charge in [0, 0.05) is 0 Å². The minimum Gasteiger partial charge on any atom is -0.307 e. The zero-order valence-electron chi connectivity index (χ0n) is 7.24. The molecule has 71 valence electrons. The lowest BCUT2D eigenvalue weighted by molar-refractivity contribution is 0.791. The molecule has 1 aromatic carbocycles. The van der Waals surface area contributed by atoms with Crippen molar-refractivity contribution in [3.05, 3.63) is 52.5 Å². The first-order chi connectivity index (χ1) is 6.77. The molecule has 0 fully saturated rings. The van der Waals surface area contributed by atoms with Crippen molar-refractivity contribution < 1.29 is 0 Å². The van der Waals surface area contributed by atoms with Crippen molar-refractivity contribution in [3.63, 3.8) is 0 Å². The quantitative estimate of drug-likeness (QED) is 0.769. The lowest BCUT2D eigenvalue weighted by Crippen LogP contribution is -1.97. The minimum atomic E-state index is 0.294. The van der Waals surface area contributed by atoms with Crippen LogP contribution in [-0.2, 0) is 6.54 Å². The van der Waals surface area contributed by atoms with Gasteiger partial charge in [-0.25, -0.2) is 4.98 Å². The first-order valence-electron chi connectivity index (χ1n) is 4.10. The summed E-state index contributed by atoms with van der Waals surface area (Å²) in [6.45, 7) is 0.638. The Balaban J connectivity index is 2.23. The maximum absolute atomic E-state index is 5.90. The Morgan fingerprint density at radius 3 is 2.50 bits per heavy atom. The van der Waals surface area contributed by atoms with Crippen molar-refractivity contribution in [2.24, 2.45) is 0 Å². The topological polar surface area (TPSA) is 17.8 Å². The van der Waals surface area contributed by atoms with Crippen molar-refractivity contribution >= 4 is 23.2 Å². The van der Waals surface area contributed by atoms with Gasteiger partial charge in [-0.2, -0.15) is 0 Å². The Labute approximate surface area is 92.1 Å². The van der Waals surface area contributed by atoms with E-state index >= 15 is 0 Å². The molecule has 0 unspecified atom stereocenters. The standard InChI is InChI=1S/C10H7Cl2N2/c11-9-10(12)14(7-13-9)6-8-4-2-1-3-5-8/h1-5H,6H2.